The Hall–Kier alpha value is -2.86. The highest BCUT2D eigenvalue weighted by molar-refractivity contribution is 7.13. The molecular weight excluding hydrogens is 308 g/mol. The average molecular weight is 320 g/mol. The second-order valence-electron chi connectivity index (χ2n) is 4.98. The molecule has 112 valence electrons. The van der Waals surface area contributed by atoms with Crippen molar-refractivity contribution < 1.29 is 4.52 Å². The normalized spacial score (nSPS) is 10.8. The van der Waals surface area contributed by atoms with Gasteiger partial charge in [0.15, 0.2) is 11.6 Å². The van der Waals surface area contributed by atoms with Crippen LogP contribution in [0.4, 0.5) is 0 Å². The molecule has 0 aromatic carbocycles. The lowest BCUT2D eigenvalue weighted by Gasteiger charge is -2.06. The smallest absolute Gasteiger partial charge is 0.178 e. The number of nitrogens with zero attached hydrogens (tertiary/aromatic N) is 4. The molecule has 0 aliphatic heterocycles. The van der Waals surface area contributed by atoms with Crippen LogP contribution in [-0.2, 0) is 0 Å². The Kier molecular flexibility index (Phi) is 3.44. The molecule has 0 N–H and O–H groups in total. The molecule has 0 radical (unpaired) electrons. The van der Waals surface area contributed by atoms with Crippen molar-refractivity contribution in [1.82, 2.24) is 20.1 Å². The highest BCUT2D eigenvalue weighted by atomic mass is 32.1. The van der Waals surface area contributed by atoms with E-state index in [1.165, 1.54) is 0 Å². The first-order valence-corrected chi connectivity index (χ1v) is 7.95. The summed E-state index contributed by atoms with van der Waals surface area (Å²) < 4.78 is 5.39. The van der Waals surface area contributed by atoms with Crippen LogP contribution in [0.1, 0.15) is 5.69 Å². The fourth-order valence-electron chi connectivity index (χ4n) is 2.27. The van der Waals surface area contributed by atoms with Crippen molar-refractivity contribution in [2.45, 2.75) is 6.92 Å². The van der Waals surface area contributed by atoms with Crippen LogP contribution in [0.25, 0.3) is 33.4 Å². The van der Waals surface area contributed by atoms with Crippen LogP contribution in [0, 0.1) is 6.92 Å². The molecule has 4 aromatic heterocycles. The van der Waals surface area contributed by atoms with Crippen LogP contribution in [0.5, 0.6) is 0 Å². The third-order valence-electron chi connectivity index (χ3n) is 3.33. The van der Waals surface area contributed by atoms with Gasteiger partial charge in [-0.3, -0.25) is 4.98 Å². The van der Waals surface area contributed by atoms with E-state index >= 15 is 0 Å². The Balaban J connectivity index is 1.90. The maximum Gasteiger partial charge on any atom is 0.178 e. The van der Waals surface area contributed by atoms with Gasteiger partial charge in [-0.1, -0.05) is 17.3 Å². The lowest BCUT2D eigenvalue weighted by Crippen LogP contribution is -1.95. The number of pyridine rings is 1. The summed E-state index contributed by atoms with van der Waals surface area (Å²) in [5, 5.41) is 5.98. The summed E-state index contributed by atoms with van der Waals surface area (Å²) in [4.78, 5) is 14.5. The molecule has 23 heavy (non-hydrogen) atoms. The number of aromatic nitrogens is 4. The van der Waals surface area contributed by atoms with Gasteiger partial charge < -0.3 is 4.52 Å². The molecule has 0 unspecified atom stereocenters. The molecule has 0 spiro atoms. The van der Waals surface area contributed by atoms with E-state index in [4.69, 9.17) is 9.51 Å². The second-order valence-corrected chi connectivity index (χ2v) is 5.93. The Morgan fingerprint density at radius 1 is 1.09 bits per heavy atom. The zero-order chi connectivity index (χ0) is 15.6. The molecule has 0 aliphatic carbocycles. The van der Waals surface area contributed by atoms with Crippen molar-refractivity contribution in [3.63, 3.8) is 0 Å². The maximum atomic E-state index is 5.39. The summed E-state index contributed by atoms with van der Waals surface area (Å²) in [6.45, 7) is 1.89. The van der Waals surface area contributed by atoms with Gasteiger partial charge in [0, 0.05) is 18.5 Å². The second kappa shape index (κ2) is 5.73. The van der Waals surface area contributed by atoms with Crippen molar-refractivity contribution in [2.75, 3.05) is 0 Å². The largest absolute Gasteiger partial charge is 0.356 e. The van der Waals surface area contributed by atoms with E-state index in [0.29, 0.717) is 11.6 Å². The van der Waals surface area contributed by atoms with E-state index in [1.54, 1.807) is 23.7 Å². The maximum absolute atomic E-state index is 5.39. The fraction of sp³-hybridized carbons (Fsp3) is 0.0588. The van der Waals surface area contributed by atoms with Gasteiger partial charge in [-0.2, -0.15) is 0 Å². The number of aryl methyl sites for hydroxylation is 1. The quantitative estimate of drug-likeness (QED) is 0.565. The van der Waals surface area contributed by atoms with Crippen molar-refractivity contribution in [2.24, 2.45) is 0 Å². The van der Waals surface area contributed by atoms with E-state index in [0.717, 1.165) is 27.5 Å². The molecule has 0 saturated carbocycles. The zero-order valence-corrected chi connectivity index (χ0v) is 13.1. The Morgan fingerprint density at radius 3 is 2.74 bits per heavy atom. The van der Waals surface area contributed by atoms with Crippen LogP contribution in [-0.4, -0.2) is 20.1 Å². The first-order valence-electron chi connectivity index (χ1n) is 7.07. The minimum Gasteiger partial charge on any atom is -0.356 e. The first-order chi connectivity index (χ1) is 11.3. The van der Waals surface area contributed by atoms with Gasteiger partial charge in [0.05, 0.1) is 21.8 Å². The molecule has 4 rings (SSSR count). The third-order valence-corrected chi connectivity index (χ3v) is 4.21. The van der Waals surface area contributed by atoms with Gasteiger partial charge in [-0.05, 0) is 30.5 Å². The minimum absolute atomic E-state index is 0.592. The van der Waals surface area contributed by atoms with Gasteiger partial charge in [-0.15, -0.1) is 11.3 Å². The van der Waals surface area contributed by atoms with E-state index in [9.17, 15) is 0 Å². The summed E-state index contributed by atoms with van der Waals surface area (Å²) in [6, 6.07) is 11.6. The van der Waals surface area contributed by atoms with Crippen LogP contribution in [0.3, 0.4) is 0 Å². The summed E-state index contributed by atoms with van der Waals surface area (Å²) in [7, 11) is 0. The van der Waals surface area contributed by atoms with Crippen molar-refractivity contribution in [3.05, 3.63) is 59.9 Å². The average Bonchev–Trinajstić information content (AvgIpc) is 3.27. The van der Waals surface area contributed by atoms with Gasteiger partial charge in [0.25, 0.3) is 0 Å². The minimum atomic E-state index is 0.592. The van der Waals surface area contributed by atoms with E-state index in [1.807, 2.05) is 48.7 Å². The van der Waals surface area contributed by atoms with Crippen LogP contribution in [0.2, 0.25) is 0 Å². The lowest BCUT2D eigenvalue weighted by molar-refractivity contribution is 0.427. The fourth-order valence-corrected chi connectivity index (χ4v) is 3.00. The van der Waals surface area contributed by atoms with Crippen LogP contribution in [0.15, 0.2) is 58.7 Å². The third kappa shape index (κ3) is 2.64. The topological polar surface area (TPSA) is 64.7 Å². The molecule has 0 atom stereocenters. The molecule has 6 heteroatoms. The molecule has 0 amide bonds. The predicted molar refractivity (Wildman–Crippen MR) is 88.8 cm³/mol. The standard InChI is InChI=1S/C17H12N4OS/c1-11-9-14(22-21-11)12-10-19-17(13-5-2-3-7-18-13)20-16(12)15-6-4-8-23-15/h2-10H,1H3. The van der Waals surface area contributed by atoms with E-state index in [2.05, 4.69) is 15.1 Å². The number of hydrogen-bond donors (Lipinski definition) is 0. The van der Waals surface area contributed by atoms with Crippen LogP contribution < -0.4 is 0 Å². The monoisotopic (exact) mass is 320 g/mol. The molecule has 5 nitrogen and oxygen atoms in total. The zero-order valence-electron chi connectivity index (χ0n) is 12.3. The molecule has 0 fully saturated rings. The highest BCUT2D eigenvalue weighted by Gasteiger charge is 2.16. The summed E-state index contributed by atoms with van der Waals surface area (Å²) in [5.74, 6) is 1.26. The van der Waals surface area contributed by atoms with Gasteiger partial charge in [-0.25, -0.2) is 9.97 Å². The number of thiophene rings is 1. The van der Waals surface area contributed by atoms with Crippen molar-refractivity contribution >= 4 is 11.3 Å². The molecule has 0 saturated heterocycles. The van der Waals surface area contributed by atoms with Crippen LogP contribution >= 0.6 is 11.3 Å². The first kappa shape index (κ1) is 13.8. The van der Waals surface area contributed by atoms with Crippen molar-refractivity contribution in [1.29, 1.82) is 0 Å². The molecule has 0 aliphatic rings. The van der Waals surface area contributed by atoms with Gasteiger partial charge >= 0.3 is 0 Å². The number of hydrogen-bond acceptors (Lipinski definition) is 6. The Bertz CT molecular complexity index is 932. The van der Waals surface area contributed by atoms with E-state index < -0.39 is 0 Å². The molecule has 4 aromatic rings. The molecule has 0 bridgehead atoms. The van der Waals surface area contributed by atoms with Gasteiger partial charge in [0.2, 0.25) is 0 Å². The summed E-state index contributed by atoms with van der Waals surface area (Å²) in [6.07, 6.45) is 3.50. The summed E-state index contributed by atoms with van der Waals surface area (Å²) in [5.41, 5.74) is 3.22. The molecular formula is C17H12N4OS. The van der Waals surface area contributed by atoms with Crippen molar-refractivity contribution in [3.8, 4) is 33.4 Å². The summed E-state index contributed by atoms with van der Waals surface area (Å²) >= 11 is 1.62. The Morgan fingerprint density at radius 2 is 2.04 bits per heavy atom. The molecule has 4 heterocycles. The lowest BCUT2D eigenvalue weighted by atomic mass is 10.1. The van der Waals surface area contributed by atoms with E-state index in [-0.39, 0.29) is 0 Å². The highest BCUT2D eigenvalue weighted by Crippen LogP contribution is 2.34. The predicted octanol–water partition coefficient (Wildman–Crippen LogP) is 4.23. The van der Waals surface area contributed by atoms with Gasteiger partial charge in [0.1, 0.15) is 5.69 Å². The number of rotatable bonds is 3. The SMILES string of the molecule is Cc1cc(-c2cnc(-c3ccccn3)nc2-c2cccs2)on1. The Labute approximate surface area is 136 Å².